The molecule has 0 saturated carbocycles. The molecule has 0 aromatic carbocycles. The van der Waals surface area contributed by atoms with Crippen LogP contribution in [0.1, 0.15) is 53.5 Å². The summed E-state index contributed by atoms with van der Waals surface area (Å²) in [5, 5.41) is 8.92. The minimum absolute atomic E-state index is 0.0608. The molecule has 0 N–H and O–H groups in total. The van der Waals surface area contributed by atoms with Gasteiger partial charge in [-0.1, -0.05) is 16.8 Å². The van der Waals surface area contributed by atoms with E-state index in [9.17, 15) is 4.79 Å². The Hall–Kier alpha value is -1.82. The Morgan fingerprint density at radius 2 is 1.96 bits per heavy atom. The summed E-state index contributed by atoms with van der Waals surface area (Å²) in [6, 6.07) is 0.819. The monoisotopic (exact) mass is 334 g/mol. The predicted octanol–water partition coefficient (Wildman–Crippen LogP) is 3.15. The number of carbonyl (C=O) groups is 1. The van der Waals surface area contributed by atoms with E-state index >= 15 is 0 Å². The lowest BCUT2D eigenvalue weighted by molar-refractivity contribution is 0.0522. The molecule has 2 aliphatic rings. The number of piperidine rings is 1. The first-order valence-corrected chi connectivity index (χ1v) is 8.37. The van der Waals surface area contributed by atoms with Gasteiger partial charge < -0.3 is 9.42 Å². The lowest BCUT2D eigenvalue weighted by Crippen LogP contribution is -2.47. The number of hydrogen-bond donors (Lipinski definition) is 0. The molecular weight excluding hydrogens is 316 g/mol. The van der Waals surface area contributed by atoms with Gasteiger partial charge in [-0.05, 0) is 39.5 Å². The summed E-state index contributed by atoms with van der Waals surface area (Å²) >= 11 is 5.98. The maximum atomic E-state index is 13.0. The number of fused-ring (bicyclic) bond motifs is 2. The van der Waals surface area contributed by atoms with Gasteiger partial charge in [0.05, 0.1) is 23.0 Å². The summed E-state index contributed by atoms with van der Waals surface area (Å²) in [5.74, 6) is 0.665. The van der Waals surface area contributed by atoms with Crippen LogP contribution < -0.4 is 0 Å². The number of amides is 1. The van der Waals surface area contributed by atoms with Crippen LogP contribution in [-0.2, 0) is 0 Å². The van der Waals surface area contributed by atoms with E-state index in [1.165, 1.54) is 0 Å². The molecule has 7 heteroatoms. The first kappa shape index (κ1) is 14.8. The Balaban J connectivity index is 1.58. The Kier molecular flexibility index (Phi) is 3.44. The second-order valence-electron chi connectivity index (χ2n) is 6.56. The zero-order valence-corrected chi connectivity index (χ0v) is 14.0. The molecule has 2 unspecified atom stereocenters. The highest BCUT2D eigenvalue weighted by Crippen LogP contribution is 2.42. The first-order chi connectivity index (χ1) is 11.0. The average Bonchev–Trinajstić information content (AvgIpc) is 3.16. The molecular formula is C16H19ClN4O2. The SMILES string of the molecule is Cc1noc(C)c1C(=O)N1C2CCC1CC(n1cc(Cl)cn1)C2. The molecule has 2 saturated heterocycles. The first-order valence-electron chi connectivity index (χ1n) is 7.99. The van der Waals surface area contributed by atoms with Crippen molar-refractivity contribution in [1.82, 2.24) is 19.8 Å². The van der Waals surface area contributed by atoms with Gasteiger partial charge in [0, 0.05) is 18.3 Å². The second kappa shape index (κ2) is 5.37. The number of rotatable bonds is 2. The molecule has 2 aliphatic heterocycles. The van der Waals surface area contributed by atoms with Crippen LogP contribution in [-0.4, -0.2) is 37.8 Å². The fourth-order valence-corrected chi connectivity index (χ4v) is 4.27. The number of nitrogens with zero attached hydrogens (tertiary/aromatic N) is 4. The lowest BCUT2D eigenvalue weighted by atomic mass is 9.96. The van der Waals surface area contributed by atoms with E-state index in [1.54, 1.807) is 13.1 Å². The summed E-state index contributed by atoms with van der Waals surface area (Å²) in [6.45, 7) is 3.62. The fraction of sp³-hybridized carbons (Fsp3) is 0.562. The van der Waals surface area contributed by atoms with E-state index in [2.05, 4.69) is 10.3 Å². The van der Waals surface area contributed by atoms with Gasteiger partial charge in [-0.15, -0.1) is 0 Å². The highest BCUT2D eigenvalue weighted by molar-refractivity contribution is 6.30. The van der Waals surface area contributed by atoms with Crippen LogP contribution >= 0.6 is 11.6 Å². The summed E-state index contributed by atoms with van der Waals surface area (Å²) in [4.78, 5) is 15.0. The zero-order chi connectivity index (χ0) is 16.1. The number of hydrogen-bond acceptors (Lipinski definition) is 4. The largest absolute Gasteiger partial charge is 0.361 e. The van der Waals surface area contributed by atoms with Crippen LogP contribution in [0.25, 0.3) is 0 Å². The van der Waals surface area contributed by atoms with E-state index in [0.717, 1.165) is 25.7 Å². The topological polar surface area (TPSA) is 64.2 Å². The molecule has 2 aromatic rings. The van der Waals surface area contributed by atoms with Gasteiger partial charge in [-0.3, -0.25) is 9.48 Å². The molecule has 2 bridgehead atoms. The van der Waals surface area contributed by atoms with Crippen molar-refractivity contribution in [3.63, 3.8) is 0 Å². The zero-order valence-electron chi connectivity index (χ0n) is 13.2. The molecule has 2 fully saturated rings. The minimum Gasteiger partial charge on any atom is -0.361 e. The minimum atomic E-state index is 0.0608. The quantitative estimate of drug-likeness (QED) is 0.846. The smallest absolute Gasteiger partial charge is 0.259 e. The molecule has 4 heterocycles. The van der Waals surface area contributed by atoms with Crippen molar-refractivity contribution in [2.24, 2.45) is 0 Å². The predicted molar refractivity (Wildman–Crippen MR) is 84.5 cm³/mol. The third-order valence-corrected chi connectivity index (χ3v) is 5.33. The standard InChI is InChI=1S/C16H19ClN4O2/c1-9-15(10(2)23-19-9)16(22)21-12-3-4-13(21)6-14(5-12)20-8-11(17)7-18-20/h7-8,12-14H,3-6H2,1-2H3. The Labute approximate surface area is 139 Å². The molecule has 6 nitrogen and oxygen atoms in total. The lowest BCUT2D eigenvalue weighted by Gasteiger charge is -2.39. The molecule has 2 aromatic heterocycles. The molecule has 0 spiro atoms. The van der Waals surface area contributed by atoms with Crippen molar-refractivity contribution in [3.05, 3.63) is 34.4 Å². The van der Waals surface area contributed by atoms with E-state index < -0.39 is 0 Å². The molecule has 2 atom stereocenters. The number of carbonyl (C=O) groups excluding carboxylic acids is 1. The van der Waals surface area contributed by atoms with Crippen LogP contribution in [0.3, 0.4) is 0 Å². The van der Waals surface area contributed by atoms with Crippen LogP contribution in [0.4, 0.5) is 0 Å². The van der Waals surface area contributed by atoms with E-state index in [0.29, 0.717) is 28.1 Å². The van der Waals surface area contributed by atoms with Crippen molar-refractivity contribution in [2.45, 2.75) is 57.7 Å². The average molecular weight is 335 g/mol. The van der Waals surface area contributed by atoms with Gasteiger partial charge in [0.1, 0.15) is 11.3 Å². The van der Waals surface area contributed by atoms with Gasteiger partial charge in [0.25, 0.3) is 5.91 Å². The van der Waals surface area contributed by atoms with Crippen LogP contribution in [0.5, 0.6) is 0 Å². The van der Waals surface area contributed by atoms with Crippen molar-refractivity contribution < 1.29 is 9.32 Å². The molecule has 23 heavy (non-hydrogen) atoms. The van der Waals surface area contributed by atoms with Crippen molar-refractivity contribution in [2.75, 3.05) is 0 Å². The third-order valence-electron chi connectivity index (χ3n) is 5.13. The van der Waals surface area contributed by atoms with Gasteiger partial charge in [-0.25, -0.2) is 0 Å². The summed E-state index contributed by atoms with van der Waals surface area (Å²) < 4.78 is 7.11. The van der Waals surface area contributed by atoms with E-state index in [1.807, 2.05) is 22.7 Å². The van der Waals surface area contributed by atoms with Gasteiger partial charge in [0.15, 0.2) is 0 Å². The summed E-state index contributed by atoms with van der Waals surface area (Å²) in [6.07, 6.45) is 7.48. The fourth-order valence-electron chi connectivity index (χ4n) is 4.13. The molecule has 0 aliphatic carbocycles. The number of aryl methyl sites for hydroxylation is 2. The van der Waals surface area contributed by atoms with Crippen LogP contribution in [0.2, 0.25) is 5.02 Å². The molecule has 0 radical (unpaired) electrons. The third kappa shape index (κ3) is 2.36. The Morgan fingerprint density at radius 3 is 2.48 bits per heavy atom. The Morgan fingerprint density at radius 1 is 1.26 bits per heavy atom. The highest BCUT2D eigenvalue weighted by atomic mass is 35.5. The number of aromatic nitrogens is 3. The van der Waals surface area contributed by atoms with Gasteiger partial charge in [0.2, 0.25) is 0 Å². The van der Waals surface area contributed by atoms with Crippen molar-refractivity contribution in [3.8, 4) is 0 Å². The van der Waals surface area contributed by atoms with Crippen LogP contribution in [0, 0.1) is 13.8 Å². The normalized spacial score (nSPS) is 26.7. The van der Waals surface area contributed by atoms with Crippen LogP contribution in [0.15, 0.2) is 16.9 Å². The van der Waals surface area contributed by atoms with Gasteiger partial charge >= 0.3 is 0 Å². The number of halogens is 1. The Bertz CT molecular complexity index is 720. The molecule has 1 amide bonds. The van der Waals surface area contributed by atoms with Crippen molar-refractivity contribution >= 4 is 17.5 Å². The second-order valence-corrected chi connectivity index (χ2v) is 7.00. The maximum absolute atomic E-state index is 13.0. The van der Waals surface area contributed by atoms with E-state index in [-0.39, 0.29) is 18.0 Å². The van der Waals surface area contributed by atoms with Gasteiger partial charge in [-0.2, -0.15) is 5.10 Å². The maximum Gasteiger partial charge on any atom is 0.259 e. The highest BCUT2D eigenvalue weighted by Gasteiger charge is 2.45. The summed E-state index contributed by atoms with van der Waals surface area (Å²) in [7, 11) is 0. The molecule has 4 rings (SSSR count). The summed E-state index contributed by atoms with van der Waals surface area (Å²) in [5.41, 5.74) is 1.30. The van der Waals surface area contributed by atoms with Crippen molar-refractivity contribution in [1.29, 1.82) is 0 Å². The van der Waals surface area contributed by atoms with E-state index in [4.69, 9.17) is 16.1 Å². The molecule has 122 valence electrons.